The summed E-state index contributed by atoms with van der Waals surface area (Å²) in [4.78, 5) is 24.1. The number of amides is 1. The van der Waals surface area contributed by atoms with Crippen molar-refractivity contribution >= 4 is 23.2 Å². The lowest BCUT2D eigenvalue weighted by Gasteiger charge is -2.21. The van der Waals surface area contributed by atoms with E-state index in [0.717, 1.165) is 4.88 Å². The van der Waals surface area contributed by atoms with Crippen LogP contribution in [0.15, 0.2) is 17.5 Å². The van der Waals surface area contributed by atoms with Crippen LogP contribution in [0.4, 0.5) is 0 Å². The van der Waals surface area contributed by atoms with E-state index in [9.17, 15) is 9.59 Å². The molecule has 0 fully saturated rings. The largest absolute Gasteiger partial charge is 0.480 e. The maximum Gasteiger partial charge on any atom is 0.326 e. The molecule has 1 aromatic heterocycles. The summed E-state index contributed by atoms with van der Waals surface area (Å²) in [5.41, 5.74) is 0. The lowest BCUT2D eigenvalue weighted by molar-refractivity contribution is -0.143. The van der Waals surface area contributed by atoms with E-state index in [2.05, 4.69) is 5.32 Å². The number of carboxylic acids is 1. The summed E-state index contributed by atoms with van der Waals surface area (Å²) in [5, 5.41) is 13.7. The minimum Gasteiger partial charge on any atom is -0.480 e. The normalized spacial score (nSPS) is 15.7. The molecule has 1 aromatic rings. The number of aliphatic carboxylic acids is 1. The molecule has 1 amide bonds. The fourth-order valence-corrected chi connectivity index (χ4v) is 2.41. The molecule has 0 saturated heterocycles. The molecule has 3 atom stereocenters. The van der Waals surface area contributed by atoms with Crippen molar-refractivity contribution in [1.82, 2.24) is 5.32 Å². The molecule has 1 rings (SSSR count). The Morgan fingerprint density at radius 2 is 2.11 bits per heavy atom. The molecule has 0 aliphatic heterocycles. The number of hydrogen-bond acceptors (Lipinski definition) is 3. The number of carboxylic acid groups (broad SMARTS) is 1. The summed E-state index contributed by atoms with van der Waals surface area (Å²) < 4.78 is 0. The third-order valence-corrected chi connectivity index (χ3v) is 4.20. The van der Waals surface area contributed by atoms with Crippen LogP contribution in [0.25, 0.3) is 0 Å². The Morgan fingerprint density at radius 3 is 2.56 bits per heavy atom. The molecule has 5 heteroatoms. The number of hydrogen-bond donors (Lipinski definition) is 2. The summed E-state index contributed by atoms with van der Waals surface area (Å²) in [6.45, 7) is 5.53. The standard InChI is InChI=1S/C13H19NO3S/c1-4-8(2)11(13(16)17)14-12(15)9(3)10-6-5-7-18-10/h5-9,11H,4H2,1-3H3,(H,14,15)(H,16,17). The fraction of sp³-hybridized carbons (Fsp3) is 0.538. The van der Waals surface area contributed by atoms with Gasteiger partial charge in [0.05, 0.1) is 5.92 Å². The van der Waals surface area contributed by atoms with Gasteiger partial charge in [-0.15, -0.1) is 11.3 Å². The first-order valence-electron chi connectivity index (χ1n) is 6.04. The molecule has 0 aliphatic rings. The van der Waals surface area contributed by atoms with Crippen molar-refractivity contribution in [3.63, 3.8) is 0 Å². The van der Waals surface area contributed by atoms with E-state index in [0.29, 0.717) is 6.42 Å². The van der Waals surface area contributed by atoms with Crippen molar-refractivity contribution in [3.8, 4) is 0 Å². The van der Waals surface area contributed by atoms with Gasteiger partial charge in [-0.25, -0.2) is 4.79 Å². The van der Waals surface area contributed by atoms with Crippen LogP contribution in [-0.2, 0) is 9.59 Å². The average Bonchev–Trinajstić information content (AvgIpc) is 2.87. The maximum absolute atomic E-state index is 12.0. The highest BCUT2D eigenvalue weighted by molar-refractivity contribution is 7.10. The average molecular weight is 269 g/mol. The van der Waals surface area contributed by atoms with Crippen LogP contribution in [0.3, 0.4) is 0 Å². The van der Waals surface area contributed by atoms with Crippen LogP contribution in [0.2, 0.25) is 0 Å². The van der Waals surface area contributed by atoms with Crippen LogP contribution in [0.5, 0.6) is 0 Å². The van der Waals surface area contributed by atoms with E-state index in [-0.39, 0.29) is 17.7 Å². The van der Waals surface area contributed by atoms with Gasteiger partial charge in [-0.3, -0.25) is 4.79 Å². The highest BCUT2D eigenvalue weighted by Crippen LogP contribution is 2.21. The molecule has 0 radical (unpaired) electrons. The third-order valence-electron chi connectivity index (χ3n) is 3.14. The predicted molar refractivity (Wildman–Crippen MR) is 71.8 cm³/mol. The van der Waals surface area contributed by atoms with E-state index in [1.54, 1.807) is 6.92 Å². The minimum atomic E-state index is -0.976. The molecular weight excluding hydrogens is 250 g/mol. The lowest BCUT2D eigenvalue weighted by atomic mass is 9.98. The molecule has 18 heavy (non-hydrogen) atoms. The SMILES string of the molecule is CCC(C)C(NC(=O)C(C)c1cccs1)C(=O)O. The van der Waals surface area contributed by atoms with Gasteiger partial charge >= 0.3 is 5.97 Å². The first kappa shape index (κ1) is 14.7. The number of carbonyl (C=O) groups is 2. The smallest absolute Gasteiger partial charge is 0.326 e. The van der Waals surface area contributed by atoms with Crippen LogP contribution in [-0.4, -0.2) is 23.0 Å². The zero-order valence-electron chi connectivity index (χ0n) is 10.8. The second kappa shape index (κ2) is 6.54. The Kier molecular flexibility index (Phi) is 5.34. The molecule has 0 aromatic carbocycles. The summed E-state index contributed by atoms with van der Waals surface area (Å²) in [6.07, 6.45) is 0.713. The van der Waals surface area contributed by atoms with Gasteiger partial charge in [0.15, 0.2) is 0 Å². The number of carbonyl (C=O) groups excluding carboxylic acids is 1. The molecule has 0 saturated carbocycles. The van der Waals surface area contributed by atoms with Gasteiger partial charge in [0.25, 0.3) is 0 Å². The summed E-state index contributed by atoms with van der Waals surface area (Å²) in [6, 6.07) is 2.95. The van der Waals surface area contributed by atoms with Gasteiger partial charge in [0.2, 0.25) is 5.91 Å². The first-order chi connectivity index (χ1) is 8.47. The molecule has 0 aliphatic carbocycles. The van der Waals surface area contributed by atoms with Crippen LogP contribution >= 0.6 is 11.3 Å². The predicted octanol–water partition coefficient (Wildman–Crippen LogP) is 2.47. The Balaban J connectivity index is 2.70. The monoisotopic (exact) mass is 269 g/mol. The van der Waals surface area contributed by atoms with Crippen molar-refractivity contribution in [3.05, 3.63) is 22.4 Å². The van der Waals surface area contributed by atoms with Crippen LogP contribution in [0.1, 0.15) is 38.0 Å². The molecule has 0 spiro atoms. The molecule has 1 heterocycles. The number of nitrogens with one attached hydrogen (secondary N) is 1. The van der Waals surface area contributed by atoms with Crippen LogP contribution < -0.4 is 5.32 Å². The van der Waals surface area contributed by atoms with Crippen molar-refractivity contribution in [2.75, 3.05) is 0 Å². The Morgan fingerprint density at radius 1 is 1.44 bits per heavy atom. The zero-order chi connectivity index (χ0) is 13.7. The highest BCUT2D eigenvalue weighted by atomic mass is 32.1. The van der Waals surface area contributed by atoms with E-state index in [4.69, 9.17) is 5.11 Å². The summed E-state index contributed by atoms with van der Waals surface area (Å²) in [7, 11) is 0. The lowest BCUT2D eigenvalue weighted by Crippen LogP contribution is -2.46. The second-order valence-electron chi connectivity index (χ2n) is 4.45. The van der Waals surface area contributed by atoms with Gasteiger partial charge in [-0.2, -0.15) is 0 Å². The minimum absolute atomic E-state index is 0.0815. The second-order valence-corrected chi connectivity index (χ2v) is 5.43. The van der Waals surface area contributed by atoms with E-state index >= 15 is 0 Å². The maximum atomic E-state index is 12.0. The molecular formula is C13H19NO3S. The van der Waals surface area contributed by atoms with Gasteiger partial charge in [0, 0.05) is 4.88 Å². The van der Waals surface area contributed by atoms with Crippen molar-refractivity contribution in [1.29, 1.82) is 0 Å². The Labute approximate surface area is 111 Å². The number of rotatable bonds is 6. The summed E-state index contributed by atoms with van der Waals surface area (Å²) in [5.74, 6) is -1.60. The Bertz CT molecular complexity index is 402. The van der Waals surface area contributed by atoms with E-state index in [1.807, 2.05) is 31.4 Å². The van der Waals surface area contributed by atoms with Crippen molar-refractivity contribution in [2.45, 2.75) is 39.2 Å². The summed E-state index contributed by atoms with van der Waals surface area (Å²) >= 11 is 1.50. The molecule has 0 bridgehead atoms. The van der Waals surface area contributed by atoms with Crippen molar-refractivity contribution < 1.29 is 14.7 Å². The third kappa shape index (κ3) is 3.57. The topological polar surface area (TPSA) is 66.4 Å². The quantitative estimate of drug-likeness (QED) is 0.833. The molecule has 100 valence electrons. The first-order valence-corrected chi connectivity index (χ1v) is 6.91. The Hall–Kier alpha value is -1.36. The van der Waals surface area contributed by atoms with Crippen molar-refractivity contribution in [2.24, 2.45) is 5.92 Å². The molecule has 3 unspecified atom stereocenters. The van der Waals surface area contributed by atoms with E-state index in [1.165, 1.54) is 11.3 Å². The van der Waals surface area contributed by atoms with Gasteiger partial charge in [0.1, 0.15) is 6.04 Å². The van der Waals surface area contributed by atoms with Gasteiger partial charge < -0.3 is 10.4 Å². The van der Waals surface area contributed by atoms with Gasteiger partial charge in [-0.05, 0) is 24.3 Å². The zero-order valence-corrected chi connectivity index (χ0v) is 11.7. The van der Waals surface area contributed by atoms with Gasteiger partial charge in [-0.1, -0.05) is 26.3 Å². The highest BCUT2D eigenvalue weighted by Gasteiger charge is 2.27. The molecule has 4 nitrogen and oxygen atoms in total. The number of thiophene rings is 1. The molecule has 2 N–H and O–H groups in total. The van der Waals surface area contributed by atoms with E-state index < -0.39 is 12.0 Å². The fourth-order valence-electron chi connectivity index (χ4n) is 1.63. The van der Waals surface area contributed by atoms with Crippen LogP contribution in [0, 0.1) is 5.92 Å².